The van der Waals surface area contributed by atoms with Gasteiger partial charge in [-0.2, -0.15) is 0 Å². The lowest BCUT2D eigenvalue weighted by Gasteiger charge is -2.37. The molecular weight excluding hydrogens is 383 g/mol. The minimum absolute atomic E-state index is 0. The largest absolute Gasteiger partial charge is 0.367 e. The number of nitrogens with one attached hydrogen (secondary N) is 1. The van der Waals surface area contributed by atoms with Crippen molar-refractivity contribution in [2.24, 2.45) is 5.73 Å². The Morgan fingerprint density at radius 1 is 1.28 bits per heavy atom. The number of carbonyl (C=O) groups is 2. The lowest BCUT2D eigenvalue weighted by atomic mass is 10.2. The Labute approximate surface area is 163 Å². The van der Waals surface area contributed by atoms with E-state index in [1.165, 1.54) is 18.7 Å². The van der Waals surface area contributed by atoms with E-state index in [9.17, 15) is 9.59 Å². The van der Waals surface area contributed by atoms with E-state index in [0.29, 0.717) is 24.7 Å². The third kappa shape index (κ3) is 6.58. The number of anilines is 1. The molecule has 0 aromatic heterocycles. The quantitative estimate of drug-likeness (QED) is 0.553. The van der Waals surface area contributed by atoms with Crippen molar-refractivity contribution in [2.45, 2.75) is 13.0 Å². The van der Waals surface area contributed by atoms with Crippen LogP contribution in [0.5, 0.6) is 0 Å². The number of benzene rings is 1. The van der Waals surface area contributed by atoms with Gasteiger partial charge in [0, 0.05) is 38.9 Å². The van der Waals surface area contributed by atoms with Crippen molar-refractivity contribution < 1.29 is 9.59 Å². The molecular formula is C16H24Cl2N4O2S. The second-order valence-electron chi connectivity index (χ2n) is 5.62. The minimum Gasteiger partial charge on any atom is -0.367 e. The minimum atomic E-state index is -0.546. The molecule has 25 heavy (non-hydrogen) atoms. The number of carbonyl (C=O) groups excluding carboxylic acids is 2. The zero-order valence-electron chi connectivity index (χ0n) is 14.1. The number of hydrogen-bond acceptors (Lipinski definition) is 5. The van der Waals surface area contributed by atoms with Gasteiger partial charge in [-0.25, -0.2) is 0 Å². The molecule has 1 atom stereocenters. The summed E-state index contributed by atoms with van der Waals surface area (Å²) >= 11 is 7.67. The van der Waals surface area contributed by atoms with Gasteiger partial charge in [-0.05, 0) is 12.1 Å². The van der Waals surface area contributed by atoms with Crippen LogP contribution in [0.4, 0.5) is 5.69 Å². The Hall–Kier alpha value is -1.15. The molecule has 1 aliphatic rings. The van der Waals surface area contributed by atoms with E-state index in [4.69, 9.17) is 17.3 Å². The van der Waals surface area contributed by atoms with E-state index < -0.39 is 6.04 Å². The summed E-state index contributed by atoms with van der Waals surface area (Å²) in [6.45, 7) is 4.20. The number of amides is 2. The van der Waals surface area contributed by atoms with E-state index in [2.05, 4.69) is 10.2 Å². The molecule has 0 spiro atoms. The number of para-hydroxylation sites is 1. The van der Waals surface area contributed by atoms with Gasteiger partial charge in [0.25, 0.3) is 0 Å². The van der Waals surface area contributed by atoms with Crippen LogP contribution in [0.15, 0.2) is 24.3 Å². The van der Waals surface area contributed by atoms with Gasteiger partial charge in [-0.3, -0.25) is 9.59 Å². The van der Waals surface area contributed by atoms with Crippen LogP contribution in [-0.2, 0) is 9.59 Å². The van der Waals surface area contributed by atoms with Crippen molar-refractivity contribution in [1.29, 1.82) is 0 Å². The number of nitrogens with two attached hydrogens (primary N) is 1. The maximum atomic E-state index is 12.4. The summed E-state index contributed by atoms with van der Waals surface area (Å²) in [6, 6.07) is 7.18. The average Bonchev–Trinajstić information content (AvgIpc) is 2.58. The SMILES string of the molecule is CC(=O)NCSCC(N)C(=O)N1CCN(c2ccccc2Cl)CC1.Cl. The molecule has 0 radical (unpaired) electrons. The standard InChI is InChI=1S/C16H23ClN4O2S.ClH/c1-12(22)19-11-24-10-14(18)16(23)21-8-6-20(7-9-21)15-5-3-2-4-13(15)17;/h2-5,14H,6-11,18H2,1H3,(H,19,22);1H. The first-order chi connectivity index (χ1) is 11.5. The molecule has 0 bridgehead atoms. The summed E-state index contributed by atoms with van der Waals surface area (Å²) in [5.41, 5.74) is 6.98. The van der Waals surface area contributed by atoms with E-state index in [-0.39, 0.29) is 24.2 Å². The molecule has 9 heteroatoms. The van der Waals surface area contributed by atoms with Crippen molar-refractivity contribution in [3.8, 4) is 0 Å². The van der Waals surface area contributed by atoms with Crippen LogP contribution in [0.1, 0.15) is 6.92 Å². The Morgan fingerprint density at radius 2 is 1.92 bits per heavy atom. The number of piperazine rings is 1. The van der Waals surface area contributed by atoms with Crippen LogP contribution in [0, 0.1) is 0 Å². The topological polar surface area (TPSA) is 78.7 Å². The van der Waals surface area contributed by atoms with Gasteiger partial charge in [0.1, 0.15) is 0 Å². The molecule has 1 aromatic carbocycles. The zero-order chi connectivity index (χ0) is 17.5. The van der Waals surface area contributed by atoms with Crippen LogP contribution in [0.25, 0.3) is 0 Å². The van der Waals surface area contributed by atoms with Crippen molar-refractivity contribution in [3.05, 3.63) is 29.3 Å². The van der Waals surface area contributed by atoms with Gasteiger partial charge in [-0.1, -0.05) is 23.7 Å². The highest BCUT2D eigenvalue weighted by Gasteiger charge is 2.25. The van der Waals surface area contributed by atoms with Crippen LogP contribution in [0.2, 0.25) is 5.02 Å². The number of hydrogen-bond donors (Lipinski definition) is 2. The molecule has 2 amide bonds. The smallest absolute Gasteiger partial charge is 0.240 e. The van der Waals surface area contributed by atoms with Gasteiger partial charge in [0.15, 0.2) is 0 Å². The molecule has 0 saturated carbocycles. The van der Waals surface area contributed by atoms with Crippen LogP contribution < -0.4 is 16.0 Å². The highest BCUT2D eigenvalue weighted by atomic mass is 35.5. The van der Waals surface area contributed by atoms with Gasteiger partial charge in [0.2, 0.25) is 11.8 Å². The number of nitrogens with zero attached hydrogens (tertiary/aromatic N) is 2. The summed E-state index contributed by atoms with van der Waals surface area (Å²) in [5, 5.41) is 3.40. The second kappa shape index (κ2) is 10.8. The van der Waals surface area contributed by atoms with E-state index in [1.807, 2.05) is 24.3 Å². The van der Waals surface area contributed by atoms with Crippen molar-refractivity contribution in [3.63, 3.8) is 0 Å². The summed E-state index contributed by atoms with van der Waals surface area (Å²) in [4.78, 5) is 27.2. The molecule has 1 aliphatic heterocycles. The molecule has 2 rings (SSSR count). The predicted octanol–water partition coefficient (Wildman–Crippen LogP) is 1.56. The molecule has 1 saturated heterocycles. The van der Waals surface area contributed by atoms with Gasteiger partial charge in [-0.15, -0.1) is 24.2 Å². The Morgan fingerprint density at radius 3 is 2.52 bits per heavy atom. The Balaban J connectivity index is 0.00000312. The molecule has 3 N–H and O–H groups in total. The summed E-state index contributed by atoms with van der Waals surface area (Å²) in [5.74, 6) is 0.836. The highest BCUT2D eigenvalue weighted by molar-refractivity contribution is 7.99. The van der Waals surface area contributed by atoms with Gasteiger partial charge < -0.3 is 20.9 Å². The van der Waals surface area contributed by atoms with E-state index in [0.717, 1.165) is 23.8 Å². The second-order valence-corrected chi connectivity index (χ2v) is 7.06. The lowest BCUT2D eigenvalue weighted by molar-refractivity contribution is -0.132. The Bertz CT molecular complexity index is 583. The predicted molar refractivity (Wildman–Crippen MR) is 107 cm³/mol. The molecule has 1 unspecified atom stereocenters. The normalized spacial score (nSPS) is 15.3. The monoisotopic (exact) mass is 406 g/mol. The van der Waals surface area contributed by atoms with Crippen LogP contribution >= 0.6 is 35.8 Å². The van der Waals surface area contributed by atoms with Gasteiger partial charge >= 0.3 is 0 Å². The summed E-state index contributed by atoms with van der Waals surface area (Å²) < 4.78 is 0. The van der Waals surface area contributed by atoms with Crippen molar-refractivity contribution in [1.82, 2.24) is 10.2 Å². The first kappa shape index (κ1) is 21.9. The zero-order valence-corrected chi connectivity index (χ0v) is 16.5. The van der Waals surface area contributed by atoms with E-state index >= 15 is 0 Å². The first-order valence-electron chi connectivity index (χ1n) is 7.85. The molecule has 1 fully saturated rings. The third-order valence-corrected chi connectivity index (χ3v) is 5.09. The first-order valence-corrected chi connectivity index (χ1v) is 9.38. The lowest BCUT2D eigenvalue weighted by Crippen LogP contribution is -2.54. The molecule has 140 valence electrons. The van der Waals surface area contributed by atoms with E-state index in [1.54, 1.807) is 4.90 Å². The molecule has 0 aliphatic carbocycles. The molecule has 1 aromatic rings. The van der Waals surface area contributed by atoms with Crippen LogP contribution in [0.3, 0.4) is 0 Å². The molecule has 6 nitrogen and oxygen atoms in total. The summed E-state index contributed by atoms with van der Waals surface area (Å²) in [6.07, 6.45) is 0. The number of thioether (sulfide) groups is 1. The fourth-order valence-electron chi connectivity index (χ4n) is 2.52. The fourth-order valence-corrected chi connectivity index (χ4v) is 3.60. The van der Waals surface area contributed by atoms with Crippen molar-refractivity contribution >= 4 is 53.3 Å². The third-order valence-electron chi connectivity index (χ3n) is 3.82. The number of rotatable bonds is 6. The van der Waals surface area contributed by atoms with Gasteiger partial charge in [0.05, 0.1) is 22.6 Å². The average molecular weight is 407 g/mol. The van der Waals surface area contributed by atoms with Crippen LogP contribution in [-0.4, -0.2) is 60.6 Å². The maximum absolute atomic E-state index is 12.4. The maximum Gasteiger partial charge on any atom is 0.240 e. The number of halogens is 2. The van der Waals surface area contributed by atoms with Crippen molar-refractivity contribution in [2.75, 3.05) is 42.7 Å². The summed E-state index contributed by atoms with van der Waals surface area (Å²) in [7, 11) is 0. The highest BCUT2D eigenvalue weighted by Crippen LogP contribution is 2.26. The Kier molecular flexibility index (Phi) is 9.42. The fraction of sp³-hybridized carbons (Fsp3) is 0.500. The molecule has 1 heterocycles.